The van der Waals surface area contributed by atoms with E-state index in [1.807, 2.05) is 6.92 Å². The first kappa shape index (κ1) is 26.7. The van der Waals surface area contributed by atoms with Gasteiger partial charge in [-0.25, -0.2) is 0 Å². The SMILES string of the molecule is CCCCOCCCCOC(OF)(OCCCC)C(CCC)OCCCC. The Labute approximate surface area is 166 Å². The van der Waals surface area contributed by atoms with Crippen molar-refractivity contribution >= 4 is 0 Å². The second-order valence-corrected chi connectivity index (χ2v) is 6.91. The maximum Gasteiger partial charge on any atom is 0.344 e. The summed E-state index contributed by atoms with van der Waals surface area (Å²) in [5.74, 6) is -1.78. The molecule has 0 spiro atoms. The lowest BCUT2D eigenvalue weighted by Gasteiger charge is -2.35. The van der Waals surface area contributed by atoms with E-state index >= 15 is 0 Å². The van der Waals surface area contributed by atoms with Crippen LogP contribution in [0.1, 0.15) is 91.9 Å². The molecule has 27 heavy (non-hydrogen) atoms. The highest BCUT2D eigenvalue weighted by Crippen LogP contribution is 2.28. The standard InChI is InChI=1S/C21H43FO5/c1-5-9-15-23-16-12-13-19-26-21(27-22,25-18-11-7-3)20(14-8-4)24-17-10-6-2/h20H,5-19H2,1-4H3. The molecule has 0 radical (unpaired) electrons. The maximum atomic E-state index is 13.7. The summed E-state index contributed by atoms with van der Waals surface area (Å²) in [6.07, 6.45) is 8.35. The van der Waals surface area contributed by atoms with E-state index in [4.69, 9.17) is 18.9 Å². The molecular formula is C21H43FO5. The van der Waals surface area contributed by atoms with Crippen LogP contribution in [0, 0.1) is 0 Å². The molecule has 0 aromatic heterocycles. The highest BCUT2D eigenvalue weighted by atomic mass is 19.3. The molecule has 164 valence electrons. The van der Waals surface area contributed by atoms with Gasteiger partial charge in [-0.15, -0.1) is 4.94 Å². The highest BCUT2D eigenvalue weighted by Gasteiger charge is 2.45. The van der Waals surface area contributed by atoms with Gasteiger partial charge in [-0.3, -0.25) is 0 Å². The molecular weight excluding hydrogens is 351 g/mol. The zero-order chi connectivity index (χ0) is 20.2. The largest absolute Gasteiger partial charge is 0.381 e. The monoisotopic (exact) mass is 394 g/mol. The predicted octanol–water partition coefficient (Wildman–Crippen LogP) is 5.96. The molecule has 0 N–H and O–H groups in total. The Bertz CT molecular complexity index is 306. The quantitative estimate of drug-likeness (QED) is 0.178. The Morgan fingerprint density at radius 1 is 0.667 bits per heavy atom. The van der Waals surface area contributed by atoms with Gasteiger partial charge in [0.15, 0.2) is 0 Å². The second kappa shape index (κ2) is 19.1. The number of hydrogen-bond donors (Lipinski definition) is 0. The molecule has 0 aliphatic carbocycles. The Morgan fingerprint density at radius 2 is 1.19 bits per heavy atom. The van der Waals surface area contributed by atoms with Crippen LogP contribution in [0.15, 0.2) is 0 Å². The van der Waals surface area contributed by atoms with E-state index in [9.17, 15) is 4.53 Å². The van der Waals surface area contributed by atoms with Gasteiger partial charge >= 0.3 is 5.97 Å². The van der Waals surface area contributed by atoms with Crippen LogP contribution in [0.5, 0.6) is 0 Å². The van der Waals surface area contributed by atoms with Gasteiger partial charge in [-0.05, 0) is 43.1 Å². The third-order valence-corrected chi connectivity index (χ3v) is 4.30. The smallest absolute Gasteiger partial charge is 0.344 e. The van der Waals surface area contributed by atoms with Crippen molar-refractivity contribution in [2.24, 2.45) is 0 Å². The molecule has 2 atom stereocenters. The van der Waals surface area contributed by atoms with Gasteiger partial charge in [0.05, 0.1) is 13.2 Å². The van der Waals surface area contributed by atoms with Crippen LogP contribution < -0.4 is 0 Å². The van der Waals surface area contributed by atoms with E-state index in [-0.39, 0.29) is 0 Å². The molecule has 0 rings (SSSR count). The molecule has 0 saturated heterocycles. The van der Waals surface area contributed by atoms with E-state index in [1.54, 1.807) is 0 Å². The highest BCUT2D eigenvalue weighted by molar-refractivity contribution is 4.72. The Kier molecular flexibility index (Phi) is 18.9. The average Bonchev–Trinajstić information content (AvgIpc) is 2.68. The van der Waals surface area contributed by atoms with Crippen molar-refractivity contribution in [3.05, 3.63) is 0 Å². The van der Waals surface area contributed by atoms with Gasteiger partial charge < -0.3 is 18.9 Å². The molecule has 5 nitrogen and oxygen atoms in total. The molecule has 0 amide bonds. The van der Waals surface area contributed by atoms with Crippen molar-refractivity contribution in [1.29, 1.82) is 0 Å². The normalized spacial score (nSPS) is 15.0. The van der Waals surface area contributed by atoms with E-state index in [2.05, 4.69) is 25.7 Å². The molecule has 0 aromatic carbocycles. The lowest BCUT2D eigenvalue weighted by Crippen LogP contribution is -2.50. The Morgan fingerprint density at radius 3 is 1.78 bits per heavy atom. The molecule has 2 unspecified atom stereocenters. The number of ether oxygens (including phenoxy) is 4. The Hall–Kier alpha value is -0.270. The van der Waals surface area contributed by atoms with Gasteiger partial charge in [0.25, 0.3) is 0 Å². The summed E-state index contributed by atoms with van der Waals surface area (Å²) in [5, 5.41) is 0. The van der Waals surface area contributed by atoms with Crippen LogP contribution in [0.4, 0.5) is 4.53 Å². The minimum atomic E-state index is -1.78. The molecule has 0 saturated carbocycles. The van der Waals surface area contributed by atoms with Gasteiger partial charge in [0.2, 0.25) is 0 Å². The van der Waals surface area contributed by atoms with Crippen LogP contribution in [0.3, 0.4) is 0 Å². The summed E-state index contributed by atoms with van der Waals surface area (Å²) in [6.45, 7) is 11.0. The van der Waals surface area contributed by atoms with Crippen molar-refractivity contribution in [3.63, 3.8) is 0 Å². The van der Waals surface area contributed by atoms with Gasteiger partial charge in [0.1, 0.15) is 6.10 Å². The minimum absolute atomic E-state index is 0.338. The summed E-state index contributed by atoms with van der Waals surface area (Å²) in [4.78, 5) is 4.29. The fraction of sp³-hybridized carbons (Fsp3) is 1.00. The molecule has 0 aliphatic heterocycles. The predicted molar refractivity (Wildman–Crippen MR) is 106 cm³/mol. The van der Waals surface area contributed by atoms with E-state index in [0.717, 1.165) is 64.4 Å². The van der Waals surface area contributed by atoms with Crippen LogP contribution in [-0.4, -0.2) is 45.1 Å². The van der Waals surface area contributed by atoms with Gasteiger partial charge in [0, 0.05) is 19.8 Å². The molecule has 0 aliphatic rings. The molecule has 0 aromatic rings. The fourth-order valence-corrected chi connectivity index (χ4v) is 2.54. The van der Waals surface area contributed by atoms with E-state index in [0.29, 0.717) is 32.8 Å². The first-order valence-electron chi connectivity index (χ1n) is 11.0. The van der Waals surface area contributed by atoms with Gasteiger partial charge in [-0.2, -0.15) is 0 Å². The molecule has 0 fully saturated rings. The number of hydrogen-bond acceptors (Lipinski definition) is 5. The third-order valence-electron chi connectivity index (χ3n) is 4.30. The topological polar surface area (TPSA) is 46.2 Å². The van der Waals surface area contributed by atoms with E-state index < -0.39 is 12.1 Å². The summed E-state index contributed by atoms with van der Waals surface area (Å²) >= 11 is 0. The zero-order valence-electron chi connectivity index (χ0n) is 18.1. The third kappa shape index (κ3) is 12.7. The summed E-state index contributed by atoms with van der Waals surface area (Å²) in [6, 6.07) is 0. The summed E-state index contributed by atoms with van der Waals surface area (Å²) in [5.41, 5.74) is 0. The summed E-state index contributed by atoms with van der Waals surface area (Å²) in [7, 11) is 0. The van der Waals surface area contributed by atoms with E-state index in [1.165, 1.54) is 0 Å². The Balaban J connectivity index is 4.63. The van der Waals surface area contributed by atoms with Crippen LogP contribution in [0.25, 0.3) is 0 Å². The first-order chi connectivity index (χ1) is 13.2. The number of unbranched alkanes of at least 4 members (excludes halogenated alkanes) is 4. The average molecular weight is 395 g/mol. The number of rotatable bonds is 21. The van der Waals surface area contributed by atoms with Gasteiger partial charge in [-0.1, -0.05) is 53.4 Å². The van der Waals surface area contributed by atoms with Crippen molar-refractivity contribution in [3.8, 4) is 0 Å². The van der Waals surface area contributed by atoms with Crippen molar-refractivity contribution in [1.82, 2.24) is 0 Å². The fourth-order valence-electron chi connectivity index (χ4n) is 2.54. The van der Waals surface area contributed by atoms with Crippen LogP contribution >= 0.6 is 0 Å². The second-order valence-electron chi connectivity index (χ2n) is 6.91. The summed E-state index contributed by atoms with van der Waals surface area (Å²) < 4.78 is 36.7. The van der Waals surface area contributed by atoms with Crippen molar-refractivity contribution in [2.75, 3.05) is 33.0 Å². The molecule has 6 heteroatoms. The van der Waals surface area contributed by atoms with Crippen molar-refractivity contribution < 1.29 is 28.4 Å². The van der Waals surface area contributed by atoms with Crippen molar-refractivity contribution in [2.45, 2.75) is 104 Å². The lowest BCUT2D eigenvalue weighted by atomic mass is 10.1. The number of halogens is 1. The van der Waals surface area contributed by atoms with Crippen LogP contribution in [0.2, 0.25) is 0 Å². The maximum absolute atomic E-state index is 13.7. The van der Waals surface area contributed by atoms with Crippen LogP contribution in [-0.2, 0) is 23.9 Å². The zero-order valence-corrected chi connectivity index (χ0v) is 18.1. The first-order valence-corrected chi connectivity index (χ1v) is 11.0. The minimum Gasteiger partial charge on any atom is -0.381 e. The lowest BCUT2D eigenvalue weighted by molar-refractivity contribution is -0.480. The molecule has 0 heterocycles. The molecule has 0 bridgehead atoms.